The van der Waals surface area contributed by atoms with Gasteiger partial charge in [-0.15, -0.1) is 0 Å². The van der Waals surface area contributed by atoms with Crippen molar-refractivity contribution in [2.75, 3.05) is 13.7 Å². The third kappa shape index (κ3) is 4.05. The molecule has 5 heteroatoms. The van der Waals surface area contributed by atoms with Gasteiger partial charge in [0.25, 0.3) is 0 Å². The first-order valence-corrected chi connectivity index (χ1v) is 8.12. The maximum absolute atomic E-state index is 12.2. The van der Waals surface area contributed by atoms with E-state index in [9.17, 15) is 9.90 Å². The number of nitrogens with zero attached hydrogens (tertiary/aromatic N) is 1. The molecule has 2 aromatic rings. The summed E-state index contributed by atoms with van der Waals surface area (Å²) in [6.07, 6.45) is 3.26. The molecular formula is C18H26N2O3. The lowest BCUT2D eigenvalue weighted by Crippen LogP contribution is -2.42. The maximum Gasteiger partial charge on any atom is 0.222 e. The van der Waals surface area contributed by atoms with Crippen LogP contribution in [0.2, 0.25) is 0 Å². The van der Waals surface area contributed by atoms with E-state index in [-0.39, 0.29) is 24.5 Å². The molecule has 0 aliphatic heterocycles. The summed E-state index contributed by atoms with van der Waals surface area (Å²) in [4.78, 5) is 12.2. The third-order valence-electron chi connectivity index (χ3n) is 4.43. The zero-order valence-corrected chi connectivity index (χ0v) is 14.1. The molecule has 1 aromatic carbocycles. The normalized spacial score (nSPS) is 13.7. The average molecular weight is 318 g/mol. The van der Waals surface area contributed by atoms with Crippen LogP contribution in [0.15, 0.2) is 30.5 Å². The van der Waals surface area contributed by atoms with Crippen LogP contribution in [0.3, 0.4) is 0 Å². The molecule has 0 fully saturated rings. The molecule has 1 amide bonds. The lowest BCUT2D eigenvalue weighted by atomic mass is 10.00. The predicted octanol–water partition coefficient (Wildman–Crippen LogP) is 2.56. The van der Waals surface area contributed by atoms with E-state index in [2.05, 4.69) is 12.2 Å². The molecule has 0 aliphatic carbocycles. The van der Waals surface area contributed by atoms with Gasteiger partial charge in [-0.3, -0.25) is 4.79 Å². The van der Waals surface area contributed by atoms with Gasteiger partial charge in [0.05, 0.1) is 25.3 Å². The molecule has 2 N–H and O–H groups in total. The maximum atomic E-state index is 12.2. The number of aromatic nitrogens is 1. The fourth-order valence-electron chi connectivity index (χ4n) is 2.73. The molecule has 23 heavy (non-hydrogen) atoms. The number of carbonyl (C=O) groups excluding carboxylic acids is 1. The van der Waals surface area contributed by atoms with Crippen LogP contribution in [0.5, 0.6) is 5.75 Å². The molecule has 0 radical (unpaired) electrons. The smallest absolute Gasteiger partial charge is 0.222 e. The van der Waals surface area contributed by atoms with Crippen LogP contribution in [0.25, 0.3) is 10.9 Å². The third-order valence-corrected chi connectivity index (χ3v) is 4.43. The van der Waals surface area contributed by atoms with Crippen molar-refractivity contribution in [1.82, 2.24) is 9.88 Å². The Kier molecular flexibility index (Phi) is 6.04. The molecule has 1 aromatic heterocycles. The zero-order chi connectivity index (χ0) is 16.8. The summed E-state index contributed by atoms with van der Waals surface area (Å²) in [6, 6.07) is 7.74. The molecule has 5 nitrogen and oxygen atoms in total. The fourth-order valence-corrected chi connectivity index (χ4v) is 2.73. The zero-order valence-electron chi connectivity index (χ0n) is 14.1. The molecular weight excluding hydrogens is 292 g/mol. The van der Waals surface area contributed by atoms with Crippen molar-refractivity contribution in [3.63, 3.8) is 0 Å². The van der Waals surface area contributed by atoms with E-state index in [0.29, 0.717) is 13.0 Å². The van der Waals surface area contributed by atoms with Gasteiger partial charge in [-0.25, -0.2) is 0 Å². The number of carbonyl (C=O) groups is 1. The van der Waals surface area contributed by atoms with Crippen molar-refractivity contribution in [3.8, 4) is 5.75 Å². The van der Waals surface area contributed by atoms with E-state index in [1.165, 1.54) is 0 Å². The molecule has 0 aliphatic rings. The Balaban J connectivity index is 2.02. The summed E-state index contributed by atoms with van der Waals surface area (Å²) >= 11 is 0. The van der Waals surface area contributed by atoms with Gasteiger partial charge in [-0.05, 0) is 18.1 Å². The van der Waals surface area contributed by atoms with E-state index in [1.54, 1.807) is 7.11 Å². The summed E-state index contributed by atoms with van der Waals surface area (Å²) in [7, 11) is 1.65. The molecule has 0 spiro atoms. The summed E-state index contributed by atoms with van der Waals surface area (Å²) in [6.45, 7) is 4.64. The second-order valence-corrected chi connectivity index (χ2v) is 5.90. The SMILES string of the molecule is CC[C@H](C)[C@H](CO)NC(=O)CCn1ccc2cccc(OC)c21. The monoisotopic (exact) mass is 318 g/mol. The number of fused-ring (bicyclic) bond motifs is 1. The minimum Gasteiger partial charge on any atom is -0.495 e. The number of hydrogen-bond donors (Lipinski definition) is 2. The first-order chi connectivity index (χ1) is 11.1. The second-order valence-electron chi connectivity index (χ2n) is 5.90. The number of aryl methyl sites for hydroxylation is 1. The van der Waals surface area contributed by atoms with E-state index < -0.39 is 0 Å². The number of ether oxygens (including phenoxy) is 1. The number of nitrogens with one attached hydrogen (secondary N) is 1. The van der Waals surface area contributed by atoms with Crippen LogP contribution >= 0.6 is 0 Å². The number of aliphatic hydroxyl groups is 1. The highest BCUT2D eigenvalue weighted by atomic mass is 16.5. The van der Waals surface area contributed by atoms with Crippen LogP contribution < -0.4 is 10.1 Å². The van der Waals surface area contributed by atoms with Gasteiger partial charge >= 0.3 is 0 Å². The highest BCUT2D eigenvalue weighted by Gasteiger charge is 2.17. The van der Waals surface area contributed by atoms with Gasteiger partial charge in [0.2, 0.25) is 5.91 Å². The average Bonchev–Trinajstić information content (AvgIpc) is 3.00. The molecule has 0 unspecified atom stereocenters. The minimum absolute atomic E-state index is 0.0268. The summed E-state index contributed by atoms with van der Waals surface area (Å²) in [5, 5.41) is 13.4. The number of methoxy groups -OCH3 is 1. The second kappa shape index (κ2) is 8.02. The number of para-hydroxylation sites is 1. The summed E-state index contributed by atoms with van der Waals surface area (Å²) < 4.78 is 7.44. The lowest BCUT2D eigenvalue weighted by molar-refractivity contribution is -0.122. The topological polar surface area (TPSA) is 63.5 Å². The van der Waals surface area contributed by atoms with E-state index in [1.807, 2.05) is 42.0 Å². The first kappa shape index (κ1) is 17.3. The Hall–Kier alpha value is -2.01. The van der Waals surface area contributed by atoms with Gasteiger partial charge in [-0.1, -0.05) is 32.4 Å². The Morgan fingerprint density at radius 1 is 1.39 bits per heavy atom. The highest BCUT2D eigenvalue weighted by Crippen LogP contribution is 2.26. The molecule has 0 saturated carbocycles. The fraction of sp³-hybridized carbons (Fsp3) is 0.500. The van der Waals surface area contributed by atoms with Gasteiger partial charge in [0, 0.05) is 24.5 Å². The molecule has 2 rings (SSSR count). The summed E-state index contributed by atoms with van der Waals surface area (Å²) in [5.41, 5.74) is 1.00. The van der Waals surface area contributed by atoms with Crippen LogP contribution in [0.1, 0.15) is 26.7 Å². The van der Waals surface area contributed by atoms with Gasteiger partial charge < -0.3 is 19.7 Å². The van der Waals surface area contributed by atoms with E-state index in [0.717, 1.165) is 23.1 Å². The van der Waals surface area contributed by atoms with Crippen molar-refractivity contribution in [2.45, 2.75) is 39.3 Å². The van der Waals surface area contributed by atoms with Crippen LogP contribution in [0, 0.1) is 5.92 Å². The van der Waals surface area contributed by atoms with Crippen molar-refractivity contribution in [3.05, 3.63) is 30.5 Å². The van der Waals surface area contributed by atoms with E-state index in [4.69, 9.17) is 4.74 Å². The first-order valence-electron chi connectivity index (χ1n) is 8.12. The van der Waals surface area contributed by atoms with Crippen LogP contribution in [0.4, 0.5) is 0 Å². The van der Waals surface area contributed by atoms with Crippen molar-refractivity contribution in [1.29, 1.82) is 0 Å². The van der Waals surface area contributed by atoms with Gasteiger partial charge in [0.15, 0.2) is 0 Å². The van der Waals surface area contributed by atoms with Crippen molar-refractivity contribution in [2.24, 2.45) is 5.92 Å². The number of benzene rings is 1. The van der Waals surface area contributed by atoms with E-state index >= 15 is 0 Å². The molecule has 2 atom stereocenters. The largest absolute Gasteiger partial charge is 0.495 e. The Labute approximate surface area is 137 Å². The minimum atomic E-state index is -0.177. The Bertz CT molecular complexity index is 651. The molecule has 0 saturated heterocycles. The van der Waals surface area contributed by atoms with Crippen molar-refractivity contribution >= 4 is 16.8 Å². The van der Waals surface area contributed by atoms with Crippen LogP contribution in [-0.4, -0.2) is 35.3 Å². The standard InChI is InChI=1S/C18H26N2O3/c1-4-13(2)15(12-21)19-17(22)9-11-20-10-8-14-6-5-7-16(23-3)18(14)20/h5-8,10,13,15,21H,4,9,11-12H2,1-3H3,(H,19,22)/t13-,15-/m0/s1. The number of rotatable bonds is 8. The van der Waals surface area contributed by atoms with Crippen LogP contribution in [-0.2, 0) is 11.3 Å². The number of aliphatic hydroxyl groups excluding tert-OH is 1. The number of hydrogen-bond acceptors (Lipinski definition) is 3. The quantitative estimate of drug-likeness (QED) is 0.786. The Morgan fingerprint density at radius 2 is 2.17 bits per heavy atom. The van der Waals surface area contributed by atoms with Crippen molar-refractivity contribution < 1.29 is 14.6 Å². The Morgan fingerprint density at radius 3 is 2.83 bits per heavy atom. The summed E-state index contributed by atoms with van der Waals surface area (Å²) in [5.74, 6) is 1.03. The van der Waals surface area contributed by atoms with Gasteiger partial charge in [-0.2, -0.15) is 0 Å². The molecule has 126 valence electrons. The highest BCUT2D eigenvalue weighted by molar-refractivity contribution is 5.86. The molecule has 0 bridgehead atoms. The molecule has 1 heterocycles. The van der Waals surface area contributed by atoms with Gasteiger partial charge in [0.1, 0.15) is 5.75 Å². The predicted molar refractivity (Wildman–Crippen MR) is 91.6 cm³/mol. The number of amides is 1. The lowest BCUT2D eigenvalue weighted by Gasteiger charge is -2.22.